The van der Waals surface area contributed by atoms with E-state index in [1.165, 1.54) is 69.6 Å². The second kappa shape index (κ2) is 9.73. The van der Waals surface area contributed by atoms with Gasteiger partial charge in [0.05, 0.1) is 14.2 Å². The second-order valence-corrected chi connectivity index (χ2v) is 8.81. The van der Waals surface area contributed by atoms with E-state index in [-0.39, 0.29) is 28.8 Å². The fraction of sp³-hybridized carbons (Fsp3) is 0.286. The summed E-state index contributed by atoms with van der Waals surface area (Å²) in [5, 5.41) is 0. The Kier molecular flexibility index (Phi) is 7.58. The fourth-order valence-corrected chi connectivity index (χ4v) is 3.73. The van der Waals surface area contributed by atoms with Crippen molar-refractivity contribution in [3.63, 3.8) is 0 Å². The van der Waals surface area contributed by atoms with Crippen molar-refractivity contribution < 1.29 is 27.1 Å². The standard InChI is InChI=1S/C21H25FN2O5S/c1-23(2)30(26,27)20-13-15(6-10-19(20)29-5)8-11-21(25)24(3)14-16-7-9-18(28-4)17(22)12-16/h6-13H,14H2,1-5H3. The minimum absolute atomic E-state index is 0.00617. The van der Waals surface area contributed by atoms with E-state index < -0.39 is 15.8 Å². The van der Waals surface area contributed by atoms with Gasteiger partial charge in [0.25, 0.3) is 0 Å². The van der Waals surface area contributed by atoms with Gasteiger partial charge in [0.15, 0.2) is 11.6 Å². The van der Waals surface area contributed by atoms with Crippen molar-refractivity contribution in [3.8, 4) is 11.5 Å². The van der Waals surface area contributed by atoms with Crippen molar-refractivity contribution in [2.45, 2.75) is 11.4 Å². The summed E-state index contributed by atoms with van der Waals surface area (Å²) in [4.78, 5) is 13.8. The number of halogens is 1. The number of carbonyl (C=O) groups excluding carboxylic acids is 1. The van der Waals surface area contributed by atoms with Gasteiger partial charge in [-0.25, -0.2) is 17.1 Å². The van der Waals surface area contributed by atoms with Crippen LogP contribution in [0.4, 0.5) is 4.39 Å². The van der Waals surface area contributed by atoms with Crippen molar-refractivity contribution in [2.24, 2.45) is 0 Å². The molecule has 0 aliphatic rings. The van der Waals surface area contributed by atoms with E-state index >= 15 is 0 Å². The molecular formula is C21H25FN2O5S. The number of nitrogens with zero attached hydrogens (tertiary/aromatic N) is 2. The first-order valence-corrected chi connectivity index (χ1v) is 10.4. The van der Waals surface area contributed by atoms with Gasteiger partial charge in [0.1, 0.15) is 10.6 Å². The van der Waals surface area contributed by atoms with Gasteiger partial charge in [0, 0.05) is 33.8 Å². The molecule has 0 saturated carbocycles. The number of likely N-dealkylation sites (N-methyl/N-ethyl adjacent to an activating group) is 1. The largest absolute Gasteiger partial charge is 0.495 e. The molecule has 0 radical (unpaired) electrons. The Bertz CT molecular complexity index is 1050. The normalized spacial score (nSPS) is 11.7. The Hall–Kier alpha value is -2.91. The number of rotatable bonds is 8. The van der Waals surface area contributed by atoms with Crippen molar-refractivity contribution in [3.05, 3.63) is 59.4 Å². The molecule has 0 bridgehead atoms. The molecule has 0 atom stereocenters. The molecule has 0 fully saturated rings. The third kappa shape index (κ3) is 5.37. The molecule has 2 aromatic carbocycles. The number of sulfonamides is 1. The lowest BCUT2D eigenvalue weighted by Gasteiger charge is -2.16. The number of amides is 1. The molecule has 0 saturated heterocycles. The van der Waals surface area contributed by atoms with Gasteiger partial charge in [-0.2, -0.15) is 0 Å². The van der Waals surface area contributed by atoms with Crippen LogP contribution in [-0.4, -0.2) is 58.9 Å². The Labute approximate surface area is 176 Å². The smallest absolute Gasteiger partial charge is 0.246 e. The highest BCUT2D eigenvalue weighted by Crippen LogP contribution is 2.27. The number of ether oxygens (including phenoxy) is 2. The third-order valence-corrected chi connectivity index (χ3v) is 6.21. The summed E-state index contributed by atoms with van der Waals surface area (Å²) < 4.78 is 49.9. The van der Waals surface area contributed by atoms with Gasteiger partial charge in [-0.3, -0.25) is 4.79 Å². The van der Waals surface area contributed by atoms with Gasteiger partial charge in [0.2, 0.25) is 15.9 Å². The Morgan fingerprint density at radius 2 is 1.67 bits per heavy atom. The first-order valence-electron chi connectivity index (χ1n) is 8.96. The van der Waals surface area contributed by atoms with Crippen LogP contribution in [0.25, 0.3) is 6.08 Å². The van der Waals surface area contributed by atoms with Crippen LogP contribution >= 0.6 is 0 Å². The zero-order valence-electron chi connectivity index (χ0n) is 17.5. The lowest BCUT2D eigenvalue weighted by Crippen LogP contribution is -2.24. The monoisotopic (exact) mass is 436 g/mol. The molecule has 2 aromatic rings. The number of hydrogen-bond donors (Lipinski definition) is 0. The molecular weight excluding hydrogens is 411 g/mol. The van der Waals surface area contributed by atoms with Crippen LogP contribution in [0.15, 0.2) is 47.4 Å². The van der Waals surface area contributed by atoms with Gasteiger partial charge < -0.3 is 14.4 Å². The maximum absolute atomic E-state index is 13.8. The summed E-state index contributed by atoms with van der Waals surface area (Å²) in [6.07, 6.45) is 2.84. The van der Waals surface area contributed by atoms with Gasteiger partial charge >= 0.3 is 0 Å². The summed E-state index contributed by atoms with van der Waals surface area (Å²) >= 11 is 0. The van der Waals surface area contributed by atoms with E-state index in [1.54, 1.807) is 19.2 Å². The quantitative estimate of drug-likeness (QED) is 0.595. The van der Waals surface area contributed by atoms with Crippen LogP contribution in [0, 0.1) is 5.82 Å². The maximum atomic E-state index is 13.8. The number of benzene rings is 2. The first kappa shape index (κ1) is 23.4. The highest BCUT2D eigenvalue weighted by Gasteiger charge is 2.22. The predicted octanol–water partition coefficient (Wildman–Crippen LogP) is 2.77. The lowest BCUT2D eigenvalue weighted by molar-refractivity contribution is -0.125. The zero-order valence-corrected chi connectivity index (χ0v) is 18.4. The lowest BCUT2D eigenvalue weighted by atomic mass is 10.2. The van der Waals surface area contributed by atoms with Crippen molar-refractivity contribution in [1.29, 1.82) is 0 Å². The SMILES string of the molecule is COc1ccc(CN(C)C(=O)C=Cc2ccc(OC)c(S(=O)(=O)N(C)C)c2)cc1F. The summed E-state index contributed by atoms with van der Waals surface area (Å²) in [6, 6.07) is 9.12. The molecule has 7 nitrogen and oxygen atoms in total. The van der Waals surface area contributed by atoms with E-state index in [1.807, 2.05) is 0 Å². The van der Waals surface area contributed by atoms with E-state index in [0.717, 1.165) is 4.31 Å². The Balaban J connectivity index is 2.18. The van der Waals surface area contributed by atoms with Crippen molar-refractivity contribution in [1.82, 2.24) is 9.21 Å². The average molecular weight is 437 g/mol. The topological polar surface area (TPSA) is 76.1 Å². The van der Waals surface area contributed by atoms with Crippen LogP contribution in [-0.2, 0) is 21.4 Å². The molecule has 0 heterocycles. The average Bonchev–Trinajstić information content (AvgIpc) is 2.71. The summed E-state index contributed by atoms with van der Waals surface area (Å²) in [7, 11) is 3.50. The molecule has 0 aromatic heterocycles. The van der Waals surface area contributed by atoms with Crippen LogP contribution in [0.5, 0.6) is 11.5 Å². The summed E-state index contributed by atoms with van der Waals surface area (Å²) in [5.74, 6) is -0.472. The molecule has 2 rings (SSSR count). The first-order chi connectivity index (χ1) is 14.1. The minimum atomic E-state index is -3.71. The highest BCUT2D eigenvalue weighted by molar-refractivity contribution is 7.89. The number of hydrogen-bond acceptors (Lipinski definition) is 5. The molecule has 0 N–H and O–H groups in total. The molecule has 30 heavy (non-hydrogen) atoms. The number of carbonyl (C=O) groups is 1. The van der Waals surface area contributed by atoms with E-state index in [2.05, 4.69) is 0 Å². The van der Waals surface area contributed by atoms with Crippen LogP contribution in [0.3, 0.4) is 0 Å². The fourth-order valence-electron chi connectivity index (χ4n) is 2.65. The molecule has 0 spiro atoms. The Morgan fingerprint density at radius 1 is 1.03 bits per heavy atom. The zero-order chi connectivity index (χ0) is 22.5. The number of methoxy groups -OCH3 is 2. The van der Waals surface area contributed by atoms with Gasteiger partial charge in [-0.1, -0.05) is 12.1 Å². The van der Waals surface area contributed by atoms with E-state index in [9.17, 15) is 17.6 Å². The second-order valence-electron chi connectivity index (χ2n) is 6.69. The van der Waals surface area contributed by atoms with Crippen LogP contribution in [0.2, 0.25) is 0 Å². The molecule has 162 valence electrons. The molecule has 9 heteroatoms. The van der Waals surface area contributed by atoms with E-state index in [0.29, 0.717) is 11.1 Å². The van der Waals surface area contributed by atoms with Crippen LogP contribution < -0.4 is 9.47 Å². The van der Waals surface area contributed by atoms with E-state index in [4.69, 9.17) is 9.47 Å². The molecule has 0 unspecified atom stereocenters. The molecule has 0 aliphatic heterocycles. The summed E-state index contributed by atoms with van der Waals surface area (Å²) in [5.41, 5.74) is 1.13. The Morgan fingerprint density at radius 3 is 2.23 bits per heavy atom. The third-order valence-electron chi connectivity index (χ3n) is 4.38. The predicted molar refractivity (Wildman–Crippen MR) is 112 cm³/mol. The highest BCUT2D eigenvalue weighted by atomic mass is 32.2. The van der Waals surface area contributed by atoms with Gasteiger partial charge in [-0.15, -0.1) is 0 Å². The van der Waals surface area contributed by atoms with Crippen molar-refractivity contribution >= 4 is 22.0 Å². The minimum Gasteiger partial charge on any atom is -0.495 e. The van der Waals surface area contributed by atoms with Crippen molar-refractivity contribution in [2.75, 3.05) is 35.4 Å². The molecule has 1 amide bonds. The molecule has 0 aliphatic carbocycles. The summed E-state index contributed by atoms with van der Waals surface area (Å²) in [6.45, 7) is 0.201. The van der Waals surface area contributed by atoms with Crippen LogP contribution in [0.1, 0.15) is 11.1 Å². The maximum Gasteiger partial charge on any atom is 0.246 e. The van der Waals surface area contributed by atoms with Gasteiger partial charge in [-0.05, 0) is 41.5 Å².